The van der Waals surface area contributed by atoms with Gasteiger partial charge in [0.2, 0.25) is 53.5 Å². The lowest BCUT2D eigenvalue weighted by Gasteiger charge is -2.41. The number of carboxylic acid groups (broad SMARTS) is 1. The highest BCUT2D eigenvalue weighted by molar-refractivity contribution is 6.15. The van der Waals surface area contributed by atoms with Crippen LogP contribution in [0.15, 0.2) is 60.7 Å². The van der Waals surface area contributed by atoms with Crippen molar-refractivity contribution in [1.29, 1.82) is 0 Å². The predicted molar refractivity (Wildman–Crippen MR) is 528 cm³/mol. The van der Waals surface area contributed by atoms with E-state index in [1.165, 1.54) is 37.3 Å². The van der Waals surface area contributed by atoms with Crippen LogP contribution in [0.2, 0.25) is 0 Å². The minimum atomic E-state index is -2.13. The molecule has 2 saturated heterocycles. The number of benzene rings is 2. The maximum Gasteiger partial charge on any atom is 0.410 e. The minimum absolute atomic E-state index is 0.0111. The average molecular weight is 2080 g/mol. The number of anilines is 1. The van der Waals surface area contributed by atoms with Gasteiger partial charge in [0.1, 0.15) is 60.4 Å². The number of carbonyl (C=O) groups excluding carboxylic acids is 12. The highest BCUT2D eigenvalue weighted by Gasteiger charge is 2.50. The summed E-state index contributed by atoms with van der Waals surface area (Å²) in [6, 6.07) is 5.57. The molecule has 5 rings (SSSR count). The highest BCUT2D eigenvalue weighted by atomic mass is 16.7. The van der Waals surface area contributed by atoms with Crippen LogP contribution in [0.4, 0.5) is 15.3 Å². The summed E-state index contributed by atoms with van der Waals surface area (Å²) in [5.41, 5.74) is -0.465. The first-order valence-corrected chi connectivity index (χ1v) is 50.2. The van der Waals surface area contributed by atoms with Crippen molar-refractivity contribution in [3.05, 3.63) is 71.8 Å². The number of methoxy groups -OCH3 is 2. The number of alkyl carbamates (subject to hydrolysis) is 1. The third-order valence-corrected chi connectivity index (χ3v) is 24.5. The molecular formula is C100H163N11O35. The van der Waals surface area contributed by atoms with Crippen molar-refractivity contribution in [2.75, 3.05) is 212 Å². The molecule has 0 aliphatic carbocycles. The zero-order chi connectivity index (χ0) is 108. The molecule has 3 aliphatic rings. The van der Waals surface area contributed by atoms with E-state index in [0.717, 1.165) is 17.1 Å². The molecule has 3 heterocycles. The van der Waals surface area contributed by atoms with Crippen molar-refractivity contribution in [2.45, 2.75) is 238 Å². The second-order valence-corrected chi connectivity index (χ2v) is 37.4. The number of carboxylic acids is 1. The molecule has 12 amide bonds. The SMILES string of the molecule is CC[C@H](C)[C@@H]([C@@H](CC(=O)N1CCC[C@H]1[C@H](C)[C@@H](C)C(=O)N[C@H](C)[C@@H](O)c1ccccc1)OC)N(C)C(=O)[C@@H](NC(=O)[C@H](C(C)C)N(C)C(=O)OCc1ccc(O[C@@H]2O[C@H](C(=O)O)[C@@H](O)[C@H](O)[C@H]2O)c(NC(=O)CCNC(=O)[C@H](CCCCNC(=O)CCOCCOCCOCCOCCOCCOCCOCCOCCOCCOCCOCCOC)NC(=O)[C@H](CNC(=O)OC(C)(C)C)N2C(=O)C=CC2=O)c1)C(C)C. The molecule has 0 bridgehead atoms. The summed E-state index contributed by atoms with van der Waals surface area (Å²) < 4.78 is 94.0. The van der Waals surface area contributed by atoms with Gasteiger partial charge < -0.3 is 153 Å². The number of ether oxygens (including phenoxy) is 17. The number of unbranched alkanes of at least 4 members (excludes halogenated alkanes) is 1. The van der Waals surface area contributed by atoms with E-state index in [-0.39, 0.29) is 118 Å². The Kier molecular flexibility index (Phi) is 60.2. The number of aliphatic hydroxyl groups excluding tert-OH is 4. The summed E-state index contributed by atoms with van der Waals surface area (Å²) in [6.45, 7) is 28.8. The molecule has 0 spiro atoms. The molecule has 3 aliphatic heterocycles. The Morgan fingerprint density at radius 2 is 1.11 bits per heavy atom. The lowest BCUT2D eigenvalue weighted by Crippen LogP contribution is -2.61. The van der Waals surface area contributed by atoms with Gasteiger partial charge in [-0.25, -0.2) is 14.4 Å². The fourth-order valence-electron chi connectivity index (χ4n) is 16.1. The molecule has 12 N–H and O–H groups in total. The normalized spacial score (nSPS) is 18.6. The van der Waals surface area contributed by atoms with E-state index < -0.39 is 188 Å². The van der Waals surface area contributed by atoms with E-state index in [9.17, 15) is 83.1 Å². The van der Waals surface area contributed by atoms with Crippen molar-refractivity contribution in [2.24, 2.45) is 29.6 Å². The lowest BCUT2D eigenvalue weighted by molar-refractivity contribution is -0.271. The molecule has 0 unspecified atom stereocenters. The van der Waals surface area contributed by atoms with E-state index in [0.29, 0.717) is 162 Å². The third kappa shape index (κ3) is 45.7. The summed E-state index contributed by atoms with van der Waals surface area (Å²) in [7, 11) is 6.00. The average Bonchev–Trinajstić information content (AvgIpc) is 1.34. The van der Waals surface area contributed by atoms with Crippen molar-refractivity contribution in [3.8, 4) is 5.75 Å². The fourth-order valence-corrected chi connectivity index (χ4v) is 16.1. The smallest absolute Gasteiger partial charge is 0.410 e. The second kappa shape index (κ2) is 69.5. The monoisotopic (exact) mass is 2080 g/mol. The third-order valence-electron chi connectivity index (χ3n) is 24.5. The number of likely N-dealkylation sites (N-methyl/N-ethyl adjacent to an activating group) is 2. The van der Waals surface area contributed by atoms with Crippen LogP contribution in [0.5, 0.6) is 5.75 Å². The number of rotatable bonds is 75. The van der Waals surface area contributed by atoms with Crippen LogP contribution >= 0.6 is 0 Å². The Bertz CT molecular complexity index is 4250. The number of aliphatic hydroxyl groups is 4. The predicted octanol–water partition coefficient (Wildman–Crippen LogP) is 2.72. The van der Waals surface area contributed by atoms with E-state index in [1.54, 1.807) is 86.6 Å². The van der Waals surface area contributed by atoms with Gasteiger partial charge in [-0.3, -0.25) is 57.7 Å². The minimum Gasteiger partial charge on any atom is -0.479 e. The molecule has 2 aromatic rings. The van der Waals surface area contributed by atoms with Gasteiger partial charge in [-0.2, -0.15) is 0 Å². The summed E-state index contributed by atoms with van der Waals surface area (Å²) >= 11 is 0. The Labute approximate surface area is 856 Å². The number of hydrogen-bond acceptors (Lipinski definition) is 34. The van der Waals surface area contributed by atoms with Crippen LogP contribution in [0, 0.1) is 29.6 Å². The van der Waals surface area contributed by atoms with E-state index in [1.807, 2.05) is 45.9 Å². The maximum absolute atomic E-state index is 15.1. The number of aliphatic carboxylic acids is 1. The molecule has 0 aromatic heterocycles. The molecule has 2 fully saturated rings. The molecule has 0 radical (unpaired) electrons. The number of imide groups is 1. The fraction of sp³-hybridized carbons (Fsp3) is 0.730. The number of hydrogen-bond donors (Lipinski definition) is 12. The Hall–Kier alpha value is -9.83. The first-order chi connectivity index (χ1) is 69.7. The molecular weight excluding hydrogens is 1920 g/mol. The Balaban J connectivity index is 1.15. The van der Waals surface area contributed by atoms with E-state index in [4.69, 9.17) is 80.5 Å². The summed E-state index contributed by atoms with van der Waals surface area (Å²) in [5, 5.41) is 72.0. The first-order valence-electron chi connectivity index (χ1n) is 50.2. The summed E-state index contributed by atoms with van der Waals surface area (Å²) in [4.78, 5) is 184. The van der Waals surface area contributed by atoms with Crippen LogP contribution in [0.1, 0.15) is 158 Å². The quantitative estimate of drug-likeness (QED) is 0.0334. The molecule has 17 atom stereocenters. The Morgan fingerprint density at radius 3 is 1.61 bits per heavy atom. The number of likely N-dealkylation sites (tertiary alicyclic amines) is 1. The van der Waals surface area contributed by atoms with Crippen molar-refractivity contribution in [3.63, 3.8) is 0 Å². The van der Waals surface area contributed by atoms with Gasteiger partial charge in [-0.15, -0.1) is 0 Å². The van der Waals surface area contributed by atoms with Crippen LogP contribution in [-0.2, 0) is 135 Å². The van der Waals surface area contributed by atoms with Gasteiger partial charge in [-0.1, -0.05) is 98.2 Å². The Morgan fingerprint density at radius 1 is 0.575 bits per heavy atom. The van der Waals surface area contributed by atoms with Gasteiger partial charge in [0.05, 0.1) is 195 Å². The van der Waals surface area contributed by atoms with Crippen LogP contribution in [0.25, 0.3) is 0 Å². The van der Waals surface area contributed by atoms with Crippen LogP contribution in [-0.4, -0.2) is 414 Å². The summed E-state index contributed by atoms with van der Waals surface area (Å²) in [5.74, 6) is -11.0. The van der Waals surface area contributed by atoms with Gasteiger partial charge in [0.15, 0.2) is 6.10 Å². The zero-order valence-electron chi connectivity index (χ0n) is 87.7. The molecule has 828 valence electrons. The number of carbonyl (C=O) groups is 13. The van der Waals surface area contributed by atoms with Crippen molar-refractivity contribution in [1.82, 2.24) is 51.5 Å². The highest BCUT2D eigenvalue weighted by Crippen LogP contribution is 2.35. The number of nitrogens with zero attached hydrogens (tertiary/aromatic N) is 4. The molecule has 146 heavy (non-hydrogen) atoms. The largest absolute Gasteiger partial charge is 0.479 e. The van der Waals surface area contributed by atoms with Gasteiger partial charge in [0.25, 0.3) is 11.8 Å². The van der Waals surface area contributed by atoms with Gasteiger partial charge in [0, 0.05) is 84.9 Å². The molecule has 46 heteroatoms. The van der Waals surface area contributed by atoms with Crippen molar-refractivity contribution >= 4 is 82.9 Å². The standard InChI is InChI=1S/C100H163N11O35/c1-17-66(6)85(77(131-16)61-82(116)110-36-23-27-74(110)67(7)68(8)91(121)104-69(9)86(117)71-24-19-18-20-25-71)108(13)95(125)83(64(2)3)107-94(124)84(65(4)5)109(14)99(129)143-63-70-28-29-76(144-97-89(120)87(118)88(119)90(145-97)96(126)127)73(60-70)105-79(113)32-35-102-92(122)72(106-93(123)75(111-80(114)30-31-81(111)115)62-103-98(128)146-100(10,11)12)26-21-22-34-101-78(112)33-37-132-40-41-134-44-45-136-48-49-138-52-53-140-56-57-142-59-58-141-55-54-139-51-50-137-47-46-135-43-42-133-39-38-130-15/h18-20,24-25,28-31,60,64-69,72,74-75,77,83-90,97,117-120H,17,21-23,26-27,32-59,61-63H2,1-16H3,(H,101,112)(H,102,122)(H,103,128)(H,104,121)(H,105,113)(H,106,123)(H,107,124)(H,126,127)/t66-,67+,68+,69+,72-,74-,75-,77+,83-,84-,85-,86+,87-,88-,89+,90-,97+/m0/s1. The number of amides is 12. The summed E-state index contributed by atoms with van der Waals surface area (Å²) in [6.07, 6.45) is -10.9. The number of nitrogens with one attached hydrogen (secondary N) is 7. The lowest BCUT2D eigenvalue weighted by atomic mass is 9.86. The van der Waals surface area contributed by atoms with Crippen LogP contribution in [0.3, 0.4) is 0 Å². The van der Waals surface area contributed by atoms with E-state index in [2.05, 4.69) is 37.2 Å². The molecule has 46 nitrogen and oxygen atoms in total. The van der Waals surface area contributed by atoms with Crippen molar-refractivity contribution < 1.29 is 168 Å². The van der Waals surface area contributed by atoms with Gasteiger partial charge >= 0.3 is 18.2 Å². The topological polar surface area (TPSA) is 577 Å². The molecule has 2 aromatic carbocycles. The maximum atomic E-state index is 15.1. The second-order valence-electron chi connectivity index (χ2n) is 37.4. The van der Waals surface area contributed by atoms with Crippen LogP contribution < -0.4 is 42.0 Å². The van der Waals surface area contributed by atoms with Gasteiger partial charge in [-0.05, 0) is 107 Å². The first kappa shape index (κ1) is 127. The molecule has 0 saturated carbocycles. The van der Waals surface area contributed by atoms with E-state index >= 15 is 4.79 Å². The zero-order valence-corrected chi connectivity index (χ0v) is 87.7.